The SMILES string of the molecule is CS1(C)CC[B]CCC1. The molecule has 1 aliphatic heterocycles. The Morgan fingerprint density at radius 3 is 2.67 bits per heavy atom. The molecule has 0 aliphatic carbocycles. The molecule has 0 amide bonds. The average Bonchev–Trinajstić information content (AvgIpc) is 1.92. The molecule has 0 spiro atoms. The van der Waals surface area contributed by atoms with Crippen LogP contribution in [0.3, 0.4) is 0 Å². The summed E-state index contributed by atoms with van der Waals surface area (Å²) < 4.78 is 0. The van der Waals surface area contributed by atoms with E-state index in [4.69, 9.17) is 0 Å². The molecule has 1 heterocycles. The monoisotopic (exact) mass is 143 g/mol. The van der Waals surface area contributed by atoms with Crippen LogP contribution in [0.25, 0.3) is 0 Å². The van der Waals surface area contributed by atoms with Crippen molar-refractivity contribution in [2.24, 2.45) is 0 Å². The summed E-state index contributed by atoms with van der Waals surface area (Å²) in [4.78, 5) is 0. The Kier molecular flexibility index (Phi) is 2.51. The zero-order chi connectivity index (χ0) is 6.74. The van der Waals surface area contributed by atoms with E-state index in [1.807, 2.05) is 0 Å². The minimum Gasteiger partial charge on any atom is -0.247 e. The molecule has 0 aromatic rings. The molecule has 9 heavy (non-hydrogen) atoms. The van der Waals surface area contributed by atoms with Crippen molar-refractivity contribution in [3.8, 4) is 0 Å². The van der Waals surface area contributed by atoms with E-state index in [1.165, 1.54) is 30.6 Å². The molecular weight excluding hydrogens is 127 g/mol. The van der Waals surface area contributed by atoms with Crippen LogP contribution in [0, 0.1) is 0 Å². The van der Waals surface area contributed by atoms with Gasteiger partial charge in [-0.2, -0.15) is 0 Å². The lowest BCUT2D eigenvalue weighted by molar-refractivity contribution is 1.09. The van der Waals surface area contributed by atoms with Crippen LogP contribution in [0.4, 0.5) is 0 Å². The lowest BCUT2D eigenvalue weighted by Crippen LogP contribution is -2.02. The highest BCUT2D eigenvalue weighted by atomic mass is 32.3. The molecule has 1 radical (unpaired) electrons. The Morgan fingerprint density at radius 2 is 1.89 bits per heavy atom. The topological polar surface area (TPSA) is 0 Å². The van der Waals surface area contributed by atoms with E-state index >= 15 is 0 Å². The zero-order valence-corrected chi connectivity index (χ0v) is 7.34. The maximum absolute atomic E-state index is 2.46. The fraction of sp³-hybridized carbons (Fsp3) is 1.00. The van der Waals surface area contributed by atoms with Gasteiger partial charge in [0.25, 0.3) is 0 Å². The lowest BCUT2D eigenvalue weighted by atomic mass is 9.71. The Morgan fingerprint density at radius 1 is 1.11 bits per heavy atom. The highest BCUT2D eigenvalue weighted by Crippen LogP contribution is 2.42. The molecule has 1 rings (SSSR count). The number of rotatable bonds is 0. The molecule has 0 unspecified atom stereocenters. The van der Waals surface area contributed by atoms with Crippen molar-refractivity contribution in [3.05, 3.63) is 0 Å². The van der Waals surface area contributed by atoms with Crippen LogP contribution in [0.2, 0.25) is 12.6 Å². The van der Waals surface area contributed by atoms with Gasteiger partial charge in [0.1, 0.15) is 7.28 Å². The van der Waals surface area contributed by atoms with Gasteiger partial charge < -0.3 is 0 Å². The molecule has 0 aromatic carbocycles. The Labute approximate surface area is 61.0 Å². The highest BCUT2D eigenvalue weighted by molar-refractivity contribution is 8.32. The van der Waals surface area contributed by atoms with Crippen LogP contribution in [-0.4, -0.2) is 31.3 Å². The van der Waals surface area contributed by atoms with Gasteiger partial charge in [0.15, 0.2) is 0 Å². The van der Waals surface area contributed by atoms with Crippen molar-refractivity contribution in [3.63, 3.8) is 0 Å². The smallest absolute Gasteiger partial charge is 0.110 e. The maximum Gasteiger partial charge on any atom is 0.110 e. The quantitative estimate of drug-likeness (QED) is 0.455. The van der Waals surface area contributed by atoms with Gasteiger partial charge in [-0.25, -0.2) is 10.0 Å². The normalized spacial score (nSPS) is 30.0. The number of hydrogen-bond donors (Lipinski definition) is 0. The van der Waals surface area contributed by atoms with E-state index in [0.717, 1.165) is 0 Å². The van der Waals surface area contributed by atoms with E-state index in [-0.39, 0.29) is 10.0 Å². The fourth-order valence-corrected chi connectivity index (χ4v) is 3.22. The van der Waals surface area contributed by atoms with Crippen LogP contribution in [0.1, 0.15) is 6.42 Å². The van der Waals surface area contributed by atoms with Crippen LogP contribution >= 0.6 is 10.0 Å². The molecule has 2 heteroatoms. The van der Waals surface area contributed by atoms with Crippen molar-refractivity contribution < 1.29 is 0 Å². The second-order valence-corrected chi connectivity index (χ2v) is 7.75. The molecule has 0 saturated carbocycles. The molecule has 0 atom stereocenters. The maximum atomic E-state index is 2.46. The molecule has 53 valence electrons. The van der Waals surface area contributed by atoms with Crippen molar-refractivity contribution in [2.75, 3.05) is 24.0 Å². The molecule has 0 aromatic heterocycles. The minimum absolute atomic E-state index is 0.150. The standard InChI is InChI=1S/C7H16BS/c1-9(2)6-3-4-8-5-7-9/h3-7H2,1-2H3. The summed E-state index contributed by atoms with van der Waals surface area (Å²) in [5.41, 5.74) is 0. The molecule has 0 nitrogen and oxygen atoms in total. The minimum atomic E-state index is -0.150. The molecule has 1 fully saturated rings. The Balaban J connectivity index is 2.36. The second kappa shape index (κ2) is 3.00. The van der Waals surface area contributed by atoms with Crippen LogP contribution in [-0.2, 0) is 0 Å². The summed E-state index contributed by atoms with van der Waals surface area (Å²) in [6.07, 6.45) is 9.12. The van der Waals surface area contributed by atoms with Crippen molar-refractivity contribution >= 4 is 17.3 Å². The summed E-state index contributed by atoms with van der Waals surface area (Å²) in [5.74, 6) is 2.98. The van der Waals surface area contributed by atoms with E-state index in [2.05, 4.69) is 19.8 Å². The molecule has 1 aliphatic rings. The summed E-state index contributed by atoms with van der Waals surface area (Å²) in [6, 6.07) is 0. The fourth-order valence-electron chi connectivity index (χ4n) is 1.27. The first-order chi connectivity index (χ1) is 4.21. The third-order valence-electron chi connectivity index (χ3n) is 1.98. The molecule has 1 saturated heterocycles. The summed E-state index contributed by atoms with van der Waals surface area (Å²) >= 11 is 0. The third-order valence-corrected chi connectivity index (χ3v) is 4.71. The first kappa shape index (κ1) is 7.52. The largest absolute Gasteiger partial charge is 0.247 e. The highest BCUT2D eigenvalue weighted by Gasteiger charge is 2.13. The van der Waals surface area contributed by atoms with Gasteiger partial charge in [0.05, 0.1) is 0 Å². The van der Waals surface area contributed by atoms with Gasteiger partial charge in [-0.1, -0.05) is 19.1 Å². The molecule has 0 bridgehead atoms. The Hall–Kier alpha value is 0.415. The van der Waals surface area contributed by atoms with Crippen molar-refractivity contribution in [1.82, 2.24) is 0 Å². The third kappa shape index (κ3) is 2.66. The van der Waals surface area contributed by atoms with Gasteiger partial charge in [0.2, 0.25) is 0 Å². The van der Waals surface area contributed by atoms with E-state index in [9.17, 15) is 0 Å². The summed E-state index contributed by atoms with van der Waals surface area (Å²) in [7, 11) is 2.31. The van der Waals surface area contributed by atoms with Crippen molar-refractivity contribution in [2.45, 2.75) is 19.1 Å². The first-order valence-electron chi connectivity index (χ1n) is 3.71. The average molecular weight is 143 g/mol. The predicted molar refractivity (Wildman–Crippen MR) is 49.2 cm³/mol. The Bertz CT molecular complexity index is 80.9. The summed E-state index contributed by atoms with van der Waals surface area (Å²) in [6.45, 7) is 0. The van der Waals surface area contributed by atoms with Crippen LogP contribution in [0.15, 0.2) is 0 Å². The predicted octanol–water partition coefficient (Wildman–Crippen LogP) is 2.00. The first-order valence-corrected chi connectivity index (χ1v) is 6.50. The van der Waals surface area contributed by atoms with Gasteiger partial charge in [-0.15, -0.1) is 0 Å². The zero-order valence-electron chi connectivity index (χ0n) is 6.52. The van der Waals surface area contributed by atoms with Gasteiger partial charge in [0, 0.05) is 0 Å². The van der Waals surface area contributed by atoms with Crippen molar-refractivity contribution in [1.29, 1.82) is 0 Å². The lowest BCUT2D eigenvalue weighted by Gasteiger charge is -2.28. The van der Waals surface area contributed by atoms with E-state index in [1.54, 1.807) is 0 Å². The molecular formula is C7H16BS. The summed E-state index contributed by atoms with van der Waals surface area (Å²) in [5, 5.41) is 0. The van der Waals surface area contributed by atoms with E-state index in [0.29, 0.717) is 0 Å². The molecule has 0 N–H and O–H groups in total. The van der Waals surface area contributed by atoms with Crippen LogP contribution in [0.5, 0.6) is 0 Å². The van der Waals surface area contributed by atoms with Gasteiger partial charge >= 0.3 is 0 Å². The second-order valence-electron chi connectivity index (χ2n) is 3.39. The number of hydrogen-bond acceptors (Lipinski definition) is 0. The van der Waals surface area contributed by atoms with Gasteiger partial charge in [-0.05, 0) is 24.0 Å². The van der Waals surface area contributed by atoms with Crippen LogP contribution < -0.4 is 0 Å². The van der Waals surface area contributed by atoms with E-state index < -0.39 is 0 Å². The van der Waals surface area contributed by atoms with Gasteiger partial charge in [-0.3, -0.25) is 0 Å².